The van der Waals surface area contributed by atoms with Gasteiger partial charge in [0.2, 0.25) is 0 Å². The van der Waals surface area contributed by atoms with Crippen molar-refractivity contribution in [3.8, 4) is 51.8 Å². The van der Waals surface area contributed by atoms with Gasteiger partial charge in [-0.2, -0.15) is 0 Å². The van der Waals surface area contributed by atoms with E-state index in [0.29, 0.717) is 64.9 Å². The SMILES string of the molecule is O=c1oc(-c2ncccc2-n2ccnc2)nc2cccc(Br)c12.O=c1oc(-c2ncccc2-n2ccnc2)nc2cccc(Cl)c12.O=c1oc(-c2ncccc2-n2ccnc2)nc2cccc(Cl)c12. The maximum Gasteiger partial charge on any atom is 0.348 e. The number of nitrogens with zero attached hydrogens (tertiary/aromatic N) is 12. The summed E-state index contributed by atoms with van der Waals surface area (Å²) in [5.74, 6) is 0.438. The molecular weight excluding hydrogens is 991 g/mol. The zero-order valence-corrected chi connectivity index (χ0v) is 38.1. The van der Waals surface area contributed by atoms with Gasteiger partial charge in [0, 0.05) is 60.2 Å². The standard InChI is InChI=1S/C16H9BrN4O2.2C16H9ClN4O2/c3*17-10-3-1-4-11-13(10)16(22)23-15(20-11)14-12(5-2-6-19-14)21-8-7-18-9-21/h3*1-9H. The van der Waals surface area contributed by atoms with Gasteiger partial charge in [-0.3, -0.25) is 0 Å². The van der Waals surface area contributed by atoms with Gasteiger partial charge in [-0.05, 0) is 88.7 Å². The molecule has 0 saturated heterocycles. The lowest BCUT2D eigenvalue weighted by Gasteiger charge is -2.08. The van der Waals surface area contributed by atoms with E-state index >= 15 is 0 Å². The summed E-state index contributed by atoms with van der Waals surface area (Å²) < 4.78 is 22.1. The van der Waals surface area contributed by atoms with Crippen LogP contribution < -0.4 is 16.9 Å². The molecule has 12 rings (SSSR count). The summed E-state index contributed by atoms with van der Waals surface area (Å²) in [5, 5.41) is 1.56. The van der Waals surface area contributed by atoms with Crippen molar-refractivity contribution in [2.75, 3.05) is 0 Å². The van der Waals surface area contributed by atoms with Crippen LogP contribution in [-0.2, 0) is 0 Å². The molecule has 9 aromatic heterocycles. The zero-order valence-electron chi connectivity index (χ0n) is 35.0. The van der Waals surface area contributed by atoms with Gasteiger partial charge < -0.3 is 27.0 Å². The topological polar surface area (TPSA) is 221 Å². The third-order valence-corrected chi connectivity index (χ3v) is 11.4. The summed E-state index contributed by atoms with van der Waals surface area (Å²) in [6.45, 7) is 0. The Hall–Kier alpha value is -8.78. The molecule has 0 aliphatic heterocycles. The monoisotopic (exact) mass is 1020 g/mol. The molecule has 3 aromatic carbocycles. The first-order valence-electron chi connectivity index (χ1n) is 20.3. The molecule has 0 amide bonds. The van der Waals surface area contributed by atoms with Crippen molar-refractivity contribution < 1.29 is 13.3 Å². The Morgan fingerprint density at radius 3 is 1.13 bits per heavy atom. The molecule has 18 nitrogen and oxygen atoms in total. The highest BCUT2D eigenvalue weighted by Gasteiger charge is 2.19. The van der Waals surface area contributed by atoms with E-state index in [1.165, 1.54) is 0 Å². The highest BCUT2D eigenvalue weighted by atomic mass is 79.9. The van der Waals surface area contributed by atoms with Crippen molar-refractivity contribution in [3.63, 3.8) is 0 Å². The molecule has 0 bridgehead atoms. The maximum absolute atomic E-state index is 12.3. The van der Waals surface area contributed by atoms with Crippen LogP contribution in [0.4, 0.5) is 0 Å². The smallest absolute Gasteiger partial charge is 0.348 e. The van der Waals surface area contributed by atoms with Crippen LogP contribution in [0.1, 0.15) is 0 Å². The van der Waals surface area contributed by atoms with E-state index in [2.05, 4.69) is 60.8 Å². The van der Waals surface area contributed by atoms with Crippen LogP contribution in [0.2, 0.25) is 10.0 Å². The number of fused-ring (bicyclic) bond motifs is 3. The van der Waals surface area contributed by atoms with Crippen LogP contribution in [0.25, 0.3) is 84.5 Å². The van der Waals surface area contributed by atoms with Gasteiger partial charge in [-0.15, -0.1) is 0 Å². The fraction of sp³-hybridized carbons (Fsp3) is 0. The Morgan fingerprint density at radius 1 is 0.420 bits per heavy atom. The second-order valence-electron chi connectivity index (χ2n) is 14.3. The second-order valence-corrected chi connectivity index (χ2v) is 16.0. The van der Waals surface area contributed by atoms with Gasteiger partial charge in [0.15, 0.2) is 0 Å². The van der Waals surface area contributed by atoms with Gasteiger partial charge in [-0.1, -0.05) is 41.4 Å². The van der Waals surface area contributed by atoms with E-state index in [9.17, 15) is 14.4 Å². The summed E-state index contributed by atoms with van der Waals surface area (Å²) >= 11 is 15.4. The summed E-state index contributed by atoms with van der Waals surface area (Å²) in [6, 6.07) is 26.4. The Bertz CT molecular complexity index is 3590. The van der Waals surface area contributed by atoms with Gasteiger partial charge in [0.05, 0.1) is 62.6 Å². The summed E-state index contributed by atoms with van der Waals surface area (Å²) in [4.78, 5) is 75.0. The van der Waals surface area contributed by atoms with Crippen LogP contribution in [0, 0.1) is 0 Å². The Labute approximate surface area is 405 Å². The first-order valence-corrected chi connectivity index (χ1v) is 21.9. The molecule has 12 aromatic rings. The van der Waals surface area contributed by atoms with E-state index in [1.807, 2.05) is 24.3 Å². The normalized spacial score (nSPS) is 11.0. The van der Waals surface area contributed by atoms with Crippen molar-refractivity contribution in [1.29, 1.82) is 0 Å². The number of aromatic nitrogens is 12. The lowest BCUT2D eigenvalue weighted by atomic mass is 10.2. The molecule has 0 spiro atoms. The van der Waals surface area contributed by atoms with Crippen LogP contribution in [-0.4, -0.2) is 58.6 Å². The summed E-state index contributed by atoms with van der Waals surface area (Å²) in [6.07, 6.45) is 20.1. The van der Waals surface area contributed by atoms with Crippen molar-refractivity contribution in [2.45, 2.75) is 0 Å². The predicted octanol–water partition coefficient (Wildman–Crippen LogP) is 9.38. The number of hydrogen-bond donors (Lipinski definition) is 0. The first kappa shape index (κ1) is 44.1. The van der Waals surface area contributed by atoms with Crippen molar-refractivity contribution in [2.24, 2.45) is 0 Å². The highest BCUT2D eigenvalue weighted by Crippen LogP contribution is 2.29. The highest BCUT2D eigenvalue weighted by molar-refractivity contribution is 9.10. The minimum atomic E-state index is -0.544. The summed E-state index contributed by atoms with van der Waals surface area (Å²) in [5.41, 5.74) is 3.46. The van der Waals surface area contributed by atoms with Gasteiger partial charge in [0.25, 0.3) is 17.7 Å². The number of hydrogen-bond acceptors (Lipinski definition) is 15. The molecule has 0 radical (unpaired) electrons. The van der Waals surface area contributed by atoms with Gasteiger partial charge in [-0.25, -0.2) is 59.2 Å². The Morgan fingerprint density at radius 2 is 0.768 bits per heavy atom. The lowest BCUT2D eigenvalue weighted by molar-refractivity contribution is 0.515. The molecule has 0 N–H and O–H groups in total. The van der Waals surface area contributed by atoms with Crippen molar-refractivity contribution >= 4 is 71.8 Å². The predicted molar refractivity (Wildman–Crippen MR) is 260 cm³/mol. The zero-order chi connectivity index (χ0) is 47.4. The number of rotatable bonds is 6. The largest absolute Gasteiger partial charge is 0.401 e. The molecule has 69 heavy (non-hydrogen) atoms. The van der Waals surface area contributed by atoms with E-state index < -0.39 is 16.9 Å². The fourth-order valence-electron chi connectivity index (χ4n) is 7.06. The van der Waals surface area contributed by atoms with Crippen LogP contribution in [0.5, 0.6) is 0 Å². The Kier molecular flexibility index (Phi) is 12.3. The average Bonchev–Trinajstić information content (AvgIpc) is 4.21. The molecule has 0 unspecified atom stereocenters. The van der Waals surface area contributed by atoms with Crippen molar-refractivity contribution in [3.05, 3.63) is 212 Å². The van der Waals surface area contributed by atoms with Crippen LogP contribution in [0.15, 0.2) is 198 Å². The minimum Gasteiger partial charge on any atom is -0.401 e. The van der Waals surface area contributed by atoms with Crippen LogP contribution >= 0.6 is 39.1 Å². The van der Waals surface area contributed by atoms with Gasteiger partial charge in [0.1, 0.15) is 33.2 Å². The Balaban J connectivity index is 0.000000120. The minimum absolute atomic E-state index is 0.133. The number of imidazole rings is 3. The van der Waals surface area contributed by atoms with Crippen LogP contribution in [0.3, 0.4) is 0 Å². The quantitative estimate of drug-likeness (QED) is 0.151. The lowest BCUT2D eigenvalue weighted by Crippen LogP contribution is -2.06. The van der Waals surface area contributed by atoms with E-state index in [-0.39, 0.29) is 28.4 Å². The maximum atomic E-state index is 12.3. The molecule has 0 saturated carbocycles. The molecule has 0 atom stereocenters. The second kappa shape index (κ2) is 19.2. The van der Waals surface area contributed by atoms with Crippen molar-refractivity contribution in [1.82, 2.24) is 58.6 Å². The summed E-state index contributed by atoms with van der Waals surface area (Å²) in [7, 11) is 0. The molecular formula is C48H27BrCl2N12O6. The number of halogens is 3. The number of pyridine rings is 3. The third kappa shape index (κ3) is 8.95. The molecule has 9 heterocycles. The molecule has 0 aliphatic carbocycles. The first-order chi connectivity index (χ1) is 33.7. The van der Waals surface area contributed by atoms with Gasteiger partial charge >= 0.3 is 16.9 Å². The molecule has 336 valence electrons. The third-order valence-electron chi connectivity index (χ3n) is 10.1. The average molecular weight is 1020 g/mol. The molecule has 0 fully saturated rings. The number of benzene rings is 3. The van der Waals surface area contributed by atoms with E-state index in [4.69, 9.17) is 36.5 Å². The van der Waals surface area contributed by atoms with E-state index in [0.717, 1.165) is 5.69 Å². The van der Waals surface area contributed by atoms with E-state index in [1.54, 1.807) is 155 Å². The fourth-order valence-corrected chi connectivity index (χ4v) is 8.07. The molecule has 0 aliphatic rings. The molecule has 21 heteroatoms.